The highest BCUT2D eigenvalue weighted by Gasteiger charge is 2.36. The van der Waals surface area contributed by atoms with Crippen molar-refractivity contribution in [2.24, 2.45) is 5.92 Å². The highest BCUT2D eigenvalue weighted by molar-refractivity contribution is 6.01. The summed E-state index contributed by atoms with van der Waals surface area (Å²) >= 11 is 0. The summed E-state index contributed by atoms with van der Waals surface area (Å²) in [5.74, 6) is 0.143. The number of nitrogens with one attached hydrogen (secondary N) is 2. The zero-order chi connectivity index (χ0) is 20.8. The molecule has 29 heavy (non-hydrogen) atoms. The number of nitrogens with zero attached hydrogens (tertiary/aromatic N) is 1. The molecule has 0 spiro atoms. The van der Waals surface area contributed by atoms with Crippen LogP contribution in [0.2, 0.25) is 0 Å². The van der Waals surface area contributed by atoms with E-state index in [0.29, 0.717) is 36.9 Å². The number of unbranched alkanes of at least 4 members (excludes halogenated alkanes) is 2. The van der Waals surface area contributed by atoms with Gasteiger partial charge >= 0.3 is 0 Å². The Hall–Kier alpha value is -2.77. The van der Waals surface area contributed by atoms with Gasteiger partial charge in [-0.25, -0.2) is 0 Å². The van der Waals surface area contributed by atoms with E-state index in [1.54, 1.807) is 30.0 Å². The van der Waals surface area contributed by atoms with E-state index in [4.69, 9.17) is 9.47 Å². The first-order valence-corrected chi connectivity index (χ1v) is 10.3. The molecule has 1 aromatic rings. The Kier molecular flexibility index (Phi) is 6.95. The van der Waals surface area contributed by atoms with Crippen LogP contribution in [0.15, 0.2) is 18.2 Å². The first-order valence-electron chi connectivity index (χ1n) is 10.3. The second-order valence-electron chi connectivity index (χ2n) is 7.46. The van der Waals surface area contributed by atoms with Gasteiger partial charge in [0.1, 0.15) is 19.3 Å². The molecule has 0 bridgehead atoms. The Balaban J connectivity index is 1.54. The Morgan fingerprint density at radius 1 is 1.21 bits per heavy atom. The van der Waals surface area contributed by atoms with Gasteiger partial charge in [-0.1, -0.05) is 19.8 Å². The molecule has 0 radical (unpaired) electrons. The predicted octanol–water partition coefficient (Wildman–Crippen LogP) is 1.62. The highest BCUT2D eigenvalue weighted by atomic mass is 16.6. The third-order valence-electron chi connectivity index (χ3n) is 5.16. The van der Waals surface area contributed by atoms with Crippen molar-refractivity contribution in [3.05, 3.63) is 18.2 Å². The van der Waals surface area contributed by atoms with E-state index < -0.39 is 12.0 Å². The van der Waals surface area contributed by atoms with Crippen LogP contribution < -0.4 is 25.0 Å². The van der Waals surface area contributed by atoms with Gasteiger partial charge in [0.05, 0.1) is 5.92 Å². The van der Waals surface area contributed by atoms with Gasteiger partial charge in [-0.2, -0.15) is 0 Å². The summed E-state index contributed by atoms with van der Waals surface area (Å²) in [6.45, 7) is 5.60. The average Bonchev–Trinajstić information content (AvgIpc) is 3.12. The maximum Gasteiger partial charge on any atom is 0.242 e. The Morgan fingerprint density at radius 2 is 1.97 bits per heavy atom. The maximum atomic E-state index is 12.6. The van der Waals surface area contributed by atoms with E-state index in [-0.39, 0.29) is 30.7 Å². The van der Waals surface area contributed by atoms with Crippen molar-refractivity contribution in [2.45, 2.75) is 45.6 Å². The van der Waals surface area contributed by atoms with E-state index in [1.807, 2.05) is 0 Å². The normalized spacial score (nSPS) is 19.0. The SMILES string of the molecule is CCCCCNC(=O)[C@H](C)NC(=O)[C@@H]1CC(=O)N(c2ccc3c(c2)OCCO3)C1. The third kappa shape index (κ3) is 5.19. The molecule has 0 aromatic heterocycles. The van der Waals surface area contributed by atoms with Crippen molar-refractivity contribution >= 4 is 23.4 Å². The molecule has 8 heteroatoms. The highest BCUT2D eigenvalue weighted by Crippen LogP contribution is 2.35. The fourth-order valence-corrected chi connectivity index (χ4v) is 3.47. The molecule has 2 heterocycles. The molecule has 1 aromatic carbocycles. The Bertz CT molecular complexity index is 767. The minimum atomic E-state index is -0.637. The number of carbonyl (C=O) groups excluding carboxylic acids is 3. The van der Waals surface area contributed by atoms with E-state index >= 15 is 0 Å². The number of amides is 3. The summed E-state index contributed by atoms with van der Waals surface area (Å²) < 4.78 is 11.1. The first-order chi connectivity index (χ1) is 14.0. The second kappa shape index (κ2) is 9.62. The summed E-state index contributed by atoms with van der Waals surface area (Å²) in [5, 5.41) is 5.56. The van der Waals surface area contributed by atoms with Gasteiger partial charge in [0.25, 0.3) is 0 Å². The molecule has 2 aliphatic rings. The van der Waals surface area contributed by atoms with Crippen LogP contribution in [0, 0.1) is 5.92 Å². The lowest BCUT2D eigenvalue weighted by Crippen LogP contribution is -2.47. The quantitative estimate of drug-likeness (QED) is 0.643. The molecule has 0 aliphatic carbocycles. The summed E-state index contributed by atoms with van der Waals surface area (Å²) in [5.41, 5.74) is 0.677. The zero-order valence-electron chi connectivity index (χ0n) is 17.0. The number of hydrogen-bond acceptors (Lipinski definition) is 5. The van der Waals surface area contributed by atoms with Gasteiger partial charge in [0.2, 0.25) is 17.7 Å². The van der Waals surface area contributed by atoms with Crippen LogP contribution in [0.1, 0.15) is 39.5 Å². The number of fused-ring (bicyclic) bond motifs is 1. The van der Waals surface area contributed by atoms with Gasteiger partial charge in [-0.05, 0) is 25.5 Å². The monoisotopic (exact) mass is 403 g/mol. The zero-order valence-corrected chi connectivity index (χ0v) is 17.0. The molecule has 0 unspecified atom stereocenters. The van der Waals surface area contributed by atoms with Crippen molar-refractivity contribution < 1.29 is 23.9 Å². The summed E-state index contributed by atoms with van der Waals surface area (Å²) in [6.07, 6.45) is 3.17. The van der Waals surface area contributed by atoms with E-state index in [0.717, 1.165) is 19.3 Å². The van der Waals surface area contributed by atoms with Crippen LogP contribution in [0.3, 0.4) is 0 Å². The van der Waals surface area contributed by atoms with Crippen molar-refractivity contribution in [1.82, 2.24) is 10.6 Å². The fraction of sp³-hybridized carbons (Fsp3) is 0.571. The molecule has 0 saturated carbocycles. The first kappa shape index (κ1) is 21.0. The van der Waals surface area contributed by atoms with Gasteiger partial charge in [-0.15, -0.1) is 0 Å². The molecule has 158 valence electrons. The molecular weight excluding hydrogens is 374 g/mol. The van der Waals surface area contributed by atoms with Crippen LogP contribution in [0.25, 0.3) is 0 Å². The molecule has 2 aliphatic heterocycles. The smallest absolute Gasteiger partial charge is 0.242 e. The summed E-state index contributed by atoms with van der Waals surface area (Å²) in [4.78, 5) is 38.7. The number of carbonyl (C=O) groups is 3. The minimum absolute atomic E-state index is 0.116. The second-order valence-corrected chi connectivity index (χ2v) is 7.46. The third-order valence-corrected chi connectivity index (χ3v) is 5.16. The topological polar surface area (TPSA) is 97.0 Å². The van der Waals surface area contributed by atoms with Gasteiger partial charge in [0.15, 0.2) is 11.5 Å². The Labute approximate surface area is 170 Å². The van der Waals surface area contributed by atoms with Crippen LogP contribution in [0.5, 0.6) is 11.5 Å². The van der Waals surface area contributed by atoms with Crippen molar-refractivity contribution in [1.29, 1.82) is 0 Å². The van der Waals surface area contributed by atoms with Crippen LogP contribution in [-0.2, 0) is 14.4 Å². The van der Waals surface area contributed by atoms with E-state index in [2.05, 4.69) is 17.6 Å². The lowest BCUT2D eigenvalue weighted by molar-refractivity contribution is -0.130. The average molecular weight is 403 g/mol. The molecular formula is C21H29N3O5. The minimum Gasteiger partial charge on any atom is -0.486 e. The lowest BCUT2D eigenvalue weighted by atomic mass is 10.1. The Morgan fingerprint density at radius 3 is 2.72 bits per heavy atom. The lowest BCUT2D eigenvalue weighted by Gasteiger charge is -2.22. The van der Waals surface area contributed by atoms with Crippen molar-refractivity contribution in [3.63, 3.8) is 0 Å². The number of benzene rings is 1. The van der Waals surface area contributed by atoms with Gasteiger partial charge in [-0.3, -0.25) is 14.4 Å². The van der Waals surface area contributed by atoms with Crippen LogP contribution >= 0.6 is 0 Å². The molecule has 2 atom stereocenters. The molecule has 3 rings (SSSR count). The van der Waals surface area contributed by atoms with Gasteiger partial charge in [0, 0.05) is 31.3 Å². The van der Waals surface area contributed by atoms with Crippen molar-refractivity contribution in [2.75, 3.05) is 31.2 Å². The predicted molar refractivity (Wildman–Crippen MR) is 108 cm³/mol. The standard InChI is InChI=1S/C21H29N3O5/c1-3-4-5-8-22-20(26)14(2)23-21(27)15-11-19(25)24(13-15)16-6-7-17-18(12-16)29-10-9-28-17/h6-7,12,14-15H,3-5,8-11,13H2,1-2H3,(H,22,26)(H,23,27)/t14-,15+/m0/s1. The maximum absolute atomic E-state index is 12.6. The van der Waals surface area contributed by atoms with Crippen LogP contribution in [0.4, 0.5) is 5.69 Å². The fourth-order valence-electron chi connectivity index (χ4n) is 3.47. The molecule has 2 N–H and O–H groups in total. The number of ether oxygens (including phenoxy) is 2. The molecule has 8 nitrogen and oxygen atoms in total. The number of hydrogen-bond donors (Lipinski definition) is 2. The number of anilines is 1. The summed E-state index contributed by atoms with van der Waals surface area (Å²) in [7, 11) is 0. The van der Waals surface area contributed by atoms with Crippen molar-refractivity contribution in [3.8, 4) is 11.5 Å². The molecule has 1 fully saturated rings. The van der Waals surface area contributed by atoms with E-state index in [9.17, 15) is 14.4 Å². The molecule has 1 saturated heterocycles. The summed E-state index contributed by atoms with van der Waals surface area (Å²) in [6, 6.07) is 4.69. The largest absolute Gasteiger partial charge is 0.486 e. The number of rotatable bonds is 8. The molecule has 3 amide bonds. The van der Waals surface area contributed by atoms with Gasteiger partial charge < -0.3 is 25.0 Å². The van der Waals surface area contributed by atoms with Crippen LogP contribution in [-0.4, -0.2) is 50.1 Å². The van der Waals surface area contributed by atoms with E-state index in [1.165, 1.54) is 0 Å².